The van der Waals surface area contributed by atoms with Crippen molar-refractivity contribution >= 4 is 22.6 Å². The van der Waals surface area contributed by atoms with Gasteiger partial charge >= 0.3 is 5.97 Å². The van der Waals surface area contributed by atoms with Gasteiger partial charge in [0, 0.05) is 24.0 Å². The minimum absolute atomic E-state index is 0.0826. The van der Waals surface area contributed by atoms with E-state index in [1.807, 2.05) is 29.2 Å². The molecule has 1 N–H and O–H groups in total. The fourth-order valence-electron chi connectivity index (χ4n) is 4.01. The number of hydrogen-bond acceptors (Lipinski definition) is 2. The Morgan fingerprint density at radius 1 is 0.815 bits per heavy atom. The van der Waals surface area contributed by atoms with Crippen LogP contribution in [0, 0.1) is 0 Å². The minimum atomic E-state index is -1.01. The third-order valence-electron chi connectivity index (χ3n) is 5.42. The van der Waals surface area contributed by atoms with Crippen LogP contribution in [0.3, 0.4) is 0 Å². The van der Waals surface area contributed by atoms with Gasteiger partial charge in [0.25, 0.3) is 5.91 Å². The Morgan fingerprint density at radius 3 is 2.07 bits per heavy atom. The van der Waals surface area contributed by atoms with E-state index >= 15 is 0 Å². The van der Waals surface area contributed by atoms with Gasteiger partial charge in [0.15, 0.2) is 0 Å². The van der Waals surface area contributed by atoms with E-state index in [0.717, 1.165) is 18.2 Å². The summed E-state index contributed by atoms with van der Waals surface area (Å²) in [6, 6.07) is 20.9. The lowest BCUT2D eigenvalue weighted by Crippen LogP contribution is -2.38. The lowest BCUT2D eigenvalue weighted by Gasteiger charge is -2.32. The largest absolute Gasteiger partial charge is 0.478 e. The van der Waals surface area contributed by atoms with Crippen LogP contribution in [-0.4, -0.2) is 35.0 Å². The first-order chi connectivity index (χ1) is 13.1. The molecular formula is C23H21NO3. The van der Waals surface area contributed by atoms with Crippen LogP contribution in [0.1, 0.15) is 45.0 Å². The quantitative estimate of drug-likeness (QED) is 0.746. The Morgan fingerprint density at radius 2 is 1.44 bits per heavy atom. The summed E-state index contributed by atoms with van der Waals surface area (Å²) in [6.07, 6.45) is 1.85. The molecule has 1 aliphatic rings. The molecule has 4 rings (SSSR count). The zero-order chi connectivity index (χ0) is 18.8. The van der Waals surface area contributed by atoms with Crippen LogP contribution in [-0.2, 0) is 0 Å². The van der Waals surface area contributed by atoms with E-state index in [2.05, 4.69) is 24.3 Å². The normalized spacial score (nSPS) is 15.0. The van der Waals surface area contributed by atoms with E-state index in [1.54, 1.807) is 18.2 Å². The van der Waals surface area contributed by atoms with Gasteiger partial charge < -0.3 is 10.0 Å². The molecule has 0 radical (unpaired) electrons. The van der Waals surface area contributed by atoms with Crippen molar-refractivity contribution in [2.45, 2.75) is 18.8 Å². The monoisotopic (exact) mass is 359 g/mol. The average molecular weight is 359 g/mol. The number of carbonyl (C=O) groups is 2. The third kappa shape index (κ3) is 3.31. The Hall–Kier alpha value is -3.14. The van der Waals surface area contributed by atoms with Gasteiger partial charge in [-0.25, -0.2) is 4.79 Å². The van der Waals surface area contributed by atoms with Crippen molar-refractivity contribution in [2.24, 2.45) is 0 Å². The molecule has 0 aromatic heterocycles. The second kappa shape index (κ2) is 7.23. The van der Waals surface area contributed by atoms with Crippen LogP contribution in [0.4, 0.5) is 0 Å². The van der Waals surface area contributed by atoms with Gasteiger partial charge in [0.05, 0.1) is 5.56 Å². The summed E-state index contributed by atoms with van der Waals surface area (Å²) in [5.74, 6) is -0.623. The van der Waals surface area contributed by atoms with E-state index in [-0.39, 0.29) is 11.5 Å². The van der Waals surface area contributed by atoms with Gasteiger partial charge in [0.2, 0.25) is 0 Å². The number of carboxylic acid groups (broad SMARTS) is 1. The standard InChI is InChI=1S/C23H21NO3/c25-22(24-14-12-17(13-15-24)16-6-2-1-3-7-16)19-10-4-8-18-9-5-11-20(21(18)19)23(26)27/h1-11,17H,12-15H2,(H,26,27). The average Bonchev–Trinajstić information content (AvgIpc) is 2.73. The number of likely N-dealkylation sites (tertiary alicyclic amines) is 1. The van der Waals surface area contributed by atoms with Crippen LogP contribution in [0.5, 0.6) is 0 Å². The fraction of sp³-hybridized carbons (Fsp3) is 0.217. The Balaban J connectivity index is 1.60. The molecule has 4 heteroatoms. The van der Waals surface area contributed by atoms with Gasteiger partial charge in [-0.15, -0.1) is 0 Å². The molecule has 4 nitrogen and oxygen atoms in total. The second-order valence-electron chi connectivity index (χ2n) is 6.99. The zero-order valence-corrected chi connectivity index (χ0v) is 15.0. The molecule has 27 heavy (non-hydrogen) atoms. The summed E-state index contributed by atoms with van der Waals surface area (Å²) in [5.41, 5.74) is 1.97. The third-order valence-corrected chi connectivity index (χ3v) is 5.42. The topological polar surface area (TPSA) is 57.6 Å². The van der Waals surface area contributed by atoms with Crippen molar-refractivity contribution < 1.29 is 14.7 Å². The molecule has 1 heterocycles. The van der Waals surface area contributed by atoms with Gasteiger partial charge in [0.1, 0.15) is 0 Å². The maximum Gasteiger partial charge on any atom is 0.336 e. The van der Waals surface area contributed by atoms with Crippen molar-refractivity contribution in [3.8, 4) is 0 Å². The summed E-state index contributed by atoms with van der Waals surface area (Å²) in [6.45, 7) is 1.37. The van der Waals surface area contributed by atoms with E-state index in [4.69, 9.17) is 0 Å². The molecule has 0 spiro atoms. The first-order valence-corrected chi connectivity index (χ1v) is 9.24. The Kier molecular flexibility index (Phi) is 4.63. The molecule has 3 aromatic rings. The predicted octanol–water partition coefficient (Wildman–Crippen LogP) is 4.56. The number of nitrogens with zero attached hydrogens (tertiary/aromatic N) is 1. The number of fused-ring (bicyclic) bond motifs is 1. The lowest BCUT2D eigenvalue weighted by molar-refractivity contribution is 0.0698. The Bertz CT molecular complexity index is 984. The highest BCUT2D eigenvalue weighted by Gasteiger charge is 2.26. The molecule has 0 unspecified atom stereocenters. The van der Waals surface area contributed by atoms with Crippen LogP contribution in [0.15, 0.2) is 66.7 Å². The molecule has 1 aliphatic heterocycles. The van der Waals surface area contributed by atoms with Crippen molar-refractivity contribution in [1.29, 1.82) is 0 Å². The highest BCUT2D eigenvalue weighted by molar-refractivity contribution is 6.14. The molecule has 0 bridgehead atoms. The Labute approximate surface area is 158 Å². The highest BCUT2D eigenvalue weighted by atomic mass is 16.4. The van der Waals surface area contributed by atoms with Crippen LogP contribution >= 0.6 is 0 Å². The first kappa shape index (κ1) is 17.3. The molecular weight excluding hydrogens is 338 g/mol. The number of rotatable bonds is 3. The number of piperidine rings is 1. The number of benzene rings is 3. The summed E-state index contributed by atoms with van der Waals surface area (Å²) in [4.78, 5) is 26.7. The molecule has 0 atom stereocenters. The number of amides is 1. The molecule has 3 aromatic carbocycles. The SMILES string of the molecule is O=C(O)c1cccc2cccc(C(=O)N3CCC(c4ccccc4)CC3)c12. The minimum Gasteiger partial charge on any atom is -0.478 e. The van der Waals surface area contributed by atoms with Gasteiger partial charge in [-0.05, 0) is 41.8 Å². The summed E-state index contributed by atoms with van der Waals surface area (Å²) >= 11 is 0. The number of carbonyl (C=O) groups excluding carboxylic acids is 1. The first-order valence-electron chi connectivity index (χ1n) is 9.24. The number of hydrogen-bond donors (Lipinski definition) is 1. The van der Waals surface area contributed by atoms with Gasteiger partial charge in [-0.2, -0.15) is 0 Å². The van der Waals surface area contributed by atoms with E-state index in [9.17, 15) is 14.7 Å². The van der Waals surface area contributed by atoms with Crippen LogP contribution < -0.4 is 0 Å². The lowest BCUT2D eigenvalue weighted by atomic mass is 9.89. The number of aromatic carboxylic acids is 1. The summed E-state index contributed by atoms with van der Waals surface area (Å²) in [7, 11) is 0. The summed E-state index contributed by atoms with van der Waals surface area (Å²) in [5, 5.41) is 10.8. The molecule has 1 fully saturated rings. The molecule has 136 valence electrons. The van der Waals surface area contributed by atoms with Gasteiger partial charge in [-0.3, -0.25) is 4.79 Å². The van der Waals surface area contributed by atoms with Crippen molar-refractivity contribution in [2.75, 3.05) is 13.1 Å². The second-order valence-corrected chi connectivity index (χ2v) is 6.99. The van der Waals surface area contributed by atoms with Crippen LogP contribution in [0.2, 0.25) is 0 Å². The molecule has 0 saturated carbocycles. The predicted molar refractivity (Wildman–Crippen MR) is 105 cm³/mol. The van der Waals surface area contributed by atoms with E-state index < -0.39 is 5.97 Å². The zero-order valence-electron chi connectivity index (χ0n) is 15.0. The fourth-order valence-corrected chi connectivity index (χ4v) is 4.01. The smallest absolute Gasteiger partial charge is 0.336 e. The molecule has 1 saturated heterocycles. The molecule has 1 amide bonds. The van der Waals surface area contributed by atoms with E-state index in [0.29, 0.717) is 30.0 Å². The molecule has 0 aliphatic carbocycles. The summed E-state index contributed by atoms with van der Waals surface area (Å²) < 4.78 is 0. The van der Waals surface area contributed by atoms with E-state index in [1.165, 1.54) is 5.56 Å². The van der Waals surface area contributed by atoms with Gasteiger partial charge in [-0.1, -0.05) is 54.6 Å². The van der Waals surface area contributed by atoms with Crippen molar-refractivity contribution in [1.82, 2.24) is 4.90 Å². The number of carboxylic acids is 1. The highest BCUT2D eigenvalue weighted by Crippen LogP contribution is 2.30. The maximum atomic E-state index is 13.2. The van der Waals surface area contributed by atoms with Crippen LogP contribution in [0.25, 0.3) is 10.8 Å². The maximum absolute atomic E-state index is 13.2. The van der Waals surface area contributed by atoms with Crippen molar-refractivity contribution in [3.63, 3.8) is 0 Å². The van der Waals surface area contributed by atoms with Crippen molar-refractivity contribution in [3.05, 3.63) is 83.4 Å².